The van der Waals surface area contributed by atoms with Gasteiger partial charge in [0.1, 0.15) is 5.82 Å². The van der Waals surface area contributed by atoms with Gasteiger partial charge in [0.25, 0.3) is 0 Å². The topological polar surface area (TPSA) is 57.7 Å². The number of halogens is 3. The first-order valence-corrected chi connectivity index (χ1v) is 7.15. The molecule has 0 spiro atoms. The molecule has 8 heteroatoms. The number of hydrogen-bond acceptors (Lipinski definition) is 4. The van der Waals surface area contributed by atoms with Gasteiger partial charge in [-0.05, 0) is 17.7 Å². The lowest BCUT2D eigenvalue weighted by Crippen LogP contribution is -2.20. The van der Waals surface area contributed by atoms with Crippen LogP contribution >= 0.6 is 0 Å². The molecule has 0 aliphatic rings. The maximum Gasteiger partial charge on any atom is 0.435 e. The van der Waals surface area contributed by atoms with Crippen LogP contribution in [0.4, 0.5) is 19.0 Å². The predicted octanol–water partition coefficient (Wildman–Crippen LogP) is 3.52. The van der Waals surface area contributed by atoms with Crippen molar-refractivity contribution in [2.24, 2.45) is 0 Å². The molecule has 0 aliphatic carbocycles. The smallest absolute Gasteiger partial charge is 0.351 e. The van der Waals surface area contributed by atoms with Gasteiger partial charge in [-0.25, -0.2) is 4.98 Å². The average Bonchev–Trinajstić information content (AvgIpc) is 3.03. The molecule has 0 saturated carbocycles. The van der Waals surface area contributed by atoms with Gasteiger partial charge in [0.05, 0.1) is 18.4 Å². The van der Waals surface area contributed by atoms with Crippen LogP contribution in [0, 0.1) is 0 Å². The highest BCUT2D eigenvalue weighted by Gasteiger charge is 2.33. The van der Waals surface area contributed by atoms with E-state index < -0.39 is 11.9 Å². The van der Waals surface area contributed by atoms with Gasteiger partial charge in [-0.3, -0.25) is 0 Å². The Kier molecular flexibility index (Phi) is 4.20. The monoisotopic (exact) mass is 333 g/mol. The molecule has 0 amide bonds. The maximum atomic E-state index is 12.5. The summed E-state index contributed by atoms with van der Waals surface area (Å²) in [6.45, 7) is 0.368. The standard InChI is InChI=1S/C16H14F3N5/c1-24(15-8-7-13(22-23-15)16(17,18)19)10-14-20-9-12(21-14)11-5-3-2-4-6-11/h2-9H,10H2,1H3,(H,20,21). The number of imidazole rings is 1. The summed E-state index contributed by atoms with van der Waals surface area (Å²) in [5.74, 6) is 1.01. The van der Waals surface area contributed by atoms with Crippen molar-refractivity contribution in [1.82, 2.24) is 20.2 Å². The van der Waals surface area contributed by atoms with Crippen LogP contribution in [0.1, 0.15) is 11.5 Å². The van der Waals surface area contributed by atoms with Gasteiger partial charge in [-0.15, -0.1) is 10.2 Å². The molecule has 24 heavy (non-hydrogen) atoms. The summed E-state index contributed by atoms with van der Waals surface area (Å²) in [6.07, 6.45) is -2.77. The third-order valence-electron chi connectivity index (χ3n) is 3.43. The zero-order chi connectivity index (χ0) is 17.2. The number of alkyl halides is 3. The van der Waals surface area contributed by atoms with E-state index in [1.165, 1.54) is 6.07 Å². The van der Waals surface area contributed by atoms with E-state index in [9.17, 15) is 13.2 Å². The second kappa shape index (κ2) is 6.31. The Hall–Kier alpha value is -2.90. The Morgan fingerprint density at radius 2 is 1.79 bits per heavy atom. The molecule has 124 valence electrons. The summed E-state index contributed by atoms with van der Waals surface area (Å²) in [5.41, 5.74) is 0.870. The largest absolute Gasteiger partial charge is 0.435 e. The first kappa shape index (κ1) is 16.0. The highest BCUT2D eigenvalue weighted by Crippen LogP contribution is 2.27. The van der Waals surface area contributed by atoms with Crippen molar-refractivity contribution in [2.45, 2.75) is 12.7 Å². The lowest BCUT2D eigenvalue weighted by molar-refractivity contribution is -0.141. The highest BCUT2D eigenvalue weighted by atomic mass is 19.4. The van der Waals surface area contributed by atoms with Crippen LogP contribution < -0.4 is 4.90 Å². The fourth-order valence-corrected chi connectivity index (χ4v) is 2.19. The van der Waals surface area contributed by atoms with Crippen molar-refractivity contribution >= 4 is 5.82 Å². The van der Waals surface area contributed by atoms with Crippen LogP contribution in [0.2, 0.25) is 0 Å². The first-order valence-electron chi connectivity index (χ1n) is 7.15. The summed E-state index contributed by atoms with van der Waals surface area (Å²) >= 11 is 0. The summed E-state index contributed by atoms with van der Waals surface area (Å²) in [4.78, 5) is 9.14. The van der Waals surface area contributed by atoms with Crippen LogP contribution in [0.25, 0.3) is 11.3 Å². The number of hydrogen-bond donors (Lipinski definition) is 1. The predicted molar refractivity (Wildman–Crippen MR) is 83.2 cm³/mol. The van der Waals surface area contributed by atoms with Crippen LogP contribution in [0.5, 0.6) is 0 Å². The molecule has 0 atom stereocenters. The van der Waals surface area contributed by atoms with Crippen molar-refractivity contribution in [1.29, 1.82) is 0 Å². The van der Waals surface area contributed by atoms with E-state index in [0.29, 0.717) is 18.2 Å². The van der Waals surface area contributed by atoms with E-state index in [4.69, 9.17) is 0 Å². The summed E-state index contributed by atoms with van der Waals surface area (Å²) in [5, 5.41) is 6.84. The van der Waals surface area contributed by atoms with Gasteiger partial charge in [0.15, 0.2) is 11.5 Å². The van der Waals surface area contributed by atoms with Crippen LogP contribution in [0.3, 0.4) is 0 Å². The summed E-state index contributed by atoms with van der Waals surface area (Å²) in [6, 6.07) is 11.9. The number of aromatic nitrogens is 4. The second-order valence-electron chi connectivity index (χ2n) is 5.24. The molecule has 2 heterocycles. The Balaban J connectivity index is 1.71. The van der Waals surface area contributed by atoms with Gasteiger partial charge >= 0.3 is 6.18 Å². The third-order valence-corrected chi connectivity index (χ3v) is 3.43. The average molecular weight is 333 g/mol. The molecule has 0 bridgehead atoms. The van der Waals surface area contributed by atoms with E-state index in [0.717, 1.165) is 17.3 Å². The zero-order valence-electron chi connectivity index (χ0n) is 12.7. The minimum absolute atomic E-state index is 0.334. The molecule has 3 rings (SSSR count). The molecule has 5 nitrogen and oxygen atoms in total. The van der Waals surface area contributed by atoms with E-state index in [1.54, 1.807) is 18.1 Å². The second-order valence-corrected chi connectivity index (χ2v) is 5.24. The van der Waals surface area contributed by atoms with E-state index in [2.05, 4.69) is 20.2 Å². The Morgan fingerprint density at radius 1 is 1.04 bits per heavy atom. The molecule has 3 aromatic rings. The normalized spacial score (nSPS) is 11.5. The van der Waals surface area contributed by atoms with E-state index >= 15 is 0 Å². The van der Waals surface area contributed by atoms with Crippen LogP contribution in [-0.2, 0) is 12.7 Å². The van der Waals surface area contributed by atoms with Crippen LogP contribution in [0.15, 0.2) is 48.7 Å². The Labute approximate surface area is 136 Å². The zero-order valence-corrected chi connectivity index (χ0v) is 12.7. The number of aromatic amines is 1. The molecular weight excluding hydrogens is 319 g/mol. The Morgan fingerprint density at radius 3 is 2.42 bits per heavy atom. The number of H-pyrrole nitrogens is 1. The van der Waals surface area contributed by atoms with E-state index in [1.807, 2.05) is 30.3 Å². The number of nitrogens with zero attached hydrogens (tertiary/aromatic N) is 4. The van der Waals surface area contributed by atoms with Gasteiger partial charge in [0, 0.05) is 7.05 Å². The molecule has 0 radical (unpaired) electrons. The quantitative estimate of drug-likeness (QED) is 0.794. The maximum absolute atomic E-state index is 12.5. The van der Waals surface area contributed by atoms with Crippen molar-refractivity contribution in [3.63, 3.8) is 0 Å². The molecule has 0 unspecified atom stereocenters. The lowest BCUT2D eigenvalue weighted by atomic mass is 10.2. The minimum atomic E-state index is -4.49. The van der Waals surface area contributed by atoms with Crippen molar-refractivity contribution < 1.29 is 13.2 Å². The lowest BCUT2D eigenvalue weighted by Gasteiger charge is -2.16. The number of nitrogens with one attached hydrogen (secondary N) is 1. The van der Waals surface area contributed by atoms with Gasteiger partial charge in [-0.2, -0.15) is 13.2 Å². The van der Waals surface area contributed by atoms with Crippen molar-refractivity contribution in [3.8, 4) is 11.3 Å². The fourth-order valence-electron chi connectivity index (χ4n) is 2.19. The van der Waals surface area contributed by atoms with Crippen LogP contribution in [-0.4, -0.2) is 27.2 Å². The Bertz CT molecular complexity index is 797. The number of benzene rings is 1. The summed E-state index contributed by atoms with van der Waals surface area (Å²) < 4.78 is 37.5. The van der Waals surface area contributed by atoms with Gasteiger partial charge in [-0.1, -0.05) is 30.3 Å². The van der Waals surface area contributed by atoms with Gasteiger partial charge in [0.2, 0.25) is 0 Å². The van der Waals surface area contributed by atoms with Gasteiger partial charge < -0.3 is 9.88 Å². The molecular formula is C16H14F3N5. The molecule has 2 aromatic heterocycles. The molecule has 0 fully saturated rings. The minimum Gasteiger partial charge on any atom is -0.351 e. The van der Waals surface area contributed by atoms with Crippen molar-refractivity contribution in [2.75, 3.05) is 11.9 Å². The highest BCUT2D eigenvalue weighted by molar-refractivity contribution is 5.58. The third kappa shape index (κ3) is 3.53. The number of rotatable bonds is 4. The molecule has 0 aliphatic heterocycles. The number of anilines is 1. The SMILES string of the molecule is CN(Cc1ncc(-c2ccccc2)[nH]1)c1ccc(C(F)(F)F)nn1. The molecule has 0 saturated heterocycles. The first-order chi connectivity index (χ1) is 11.4. The van der Waals surface area contributed by atoms with Crippen molar-refractivity contribution in [3.05, 3.63) is 60.2 Å². The molecule has 1 aromatic carbocycles. The molecule has 1 N–H and O–H groups in total. The van der Waals surface area contributed by atoms with E-state index in [-0.39, 0.29) is 0 Å². The fraction of sp³-hybridized carbons (Fsp3) is 0.188. The summed E-state index contributed by atoms with van der Waals surface area (Å²) in [7, 11) is 1.71.